The highest BCUT2D eigenvalue weighted by atomic mass is 79.9. The molecule has 1 heterocycles. The molecule has 1 saturated heterocycles. The maximum Gasteiger partial charge on any atom is 0.260 e. The van der Waals surface area contributed by atoms with Crippen molar-refractivity contribution in [2.24, 2.45) is 0 Å². The minimum Gasteiger partial charge on any atom is -0.481 e. The Morgan fingerprint density at radius 1 is 1.44 bits per heavy atom. The summed E-state index contributed by atoms with van der Waals surface area (Å²) >= 11 is 3.37. The molecule has 2 rings (SSSR count). The van der Waals surface area contributed by atoms with Crippen LogP contribution in [0.4, 0.5) is 5.69 Å². The van der Waals surface area contributed by atoms with Gasteiger partial charge < -0.3 is 15.4 Å². The zero-order valence-corrected chi connectivity index (χ0v) is 12.0. The Labute approximate surface area is 115 Å². The Kier molecular flexibility index (Phi) is 4.11. The number of halogens is 1. The van der Waals surface area contributed by atoms with E-state index in [2.05, 4.69) is 15.9 Å². The standard InChI is InChI=1S/C13H17BrN2O2/c1-9-6-10(14)7-11(15)13(9)18-8-12(17)16-4-2-3-5-16/h6-7H,2-5,8,15H2,1H3. The predicted molar refractivity (Wildman–Crippen MR) is 74.6 cm³/mol. The lowest BCUT2D eigenvalue weighted by atomic mass is 10.2. The van der Waals surface area contributed by atoms with Crippen molar-refractivity contribution in [1.29, 1.82) is 0 Å². The Hall–Kier alpha value is -1.23. The van der Waals surface area contributed by atoms with Crippen molar-refractivity contribution in [3.05, 3.63) is 22.2 Å². The molecule has 0 aromatic heterocycles. The molecule has 18 heavy (non-hydrogen) atoms. The van der Waals surface area contributed by atoms with Gasteiger partial charge in [-0.05, 0) is 37.5 Å². The van der Waals surface area contributed by atoms with Crippen LogP contribution in [-0.2, 0) is 4.79 Å². The number of aryl methyl sites for hydroxylation is 1. The summed E-state index contributed by atoms with van der Waals surface area (Å²) < 4.78 is 6.47. The third-order valence-electron chi connectivity index (χ3n) is 3.07. The van der Waals surface area contributed by atoms with Gasteiger partial charge in [-0.1, -0.05) is 15.9 Å². The lowest BCUT2D eigenvalue weighted by Crippen LogP contribution is -2.32. The molecule has 0 spiro atoms. The van der Waals surface area contributed by atoms with Gasteiger partial charge in [-0.15, -0.1) is 0 Å². The topological polar surface area (TPSA) is 55.6 Å². The average molecular weight is 313 g/mol. The summed E-state index contributed by atoms with van der Waals surface area (Å²) in [5, 5.41) is 0. The summed E-state index contributed by atoms with van der Waals surface area (Å²) in [5.74, 6) is 0.639. The number of amides is 1. The van der Waals surface area contributed by atoms with Crippen LogP contribution in [0.15, 0.2) is 16.6 Å². The van der Waals surface area contributed by atoms with E-state index >= 15 is 0 Å². The molecule has 0 atom stereocenters. The van der Waals surface area contributed by atoms with Crippen LogP contribution >= 0.6 is 15.9 Å². The second-order valence-corrected chi connectivity index (χ2v) is 5.43. The third kappa shape index (κ3) is 2.96. The van der Waals surface area contributed by atoms with E-state index in [1.807, 2.05) is 17.9 Å². The maximum absolute atomic E-state index is 11.9. The lowest BCUT2D eigenvalue weighted by Gasteiger charge is -2.17. The van der Waals surface area contributed by atoms with Crippen molar-refractivity contribution >= 4 is 27.5 Å². The molecule has 0 saturated carbocycles. The molecule has 4 nitrogen and oxygen atoms in total. The molecule has 0 aliphatic carbocycles. The Morgan fingerprint density at radius 3 is 2.72 bits per heavy atom. The first-order valence-electron chi connectivity index (χ1n) is 6.04. The van der Waals surface area contributed by atoms with Crippen molar-refractivity contribution < 1.29 is 9.53 Å². The van der Waals surface area contributed by atoms with E-state index in [-0.39, 0.29) is 12.5 Å². The van der Waals surface area contributed by atoms with Gasteiger partial charge in [-0.3, -0.25) is 4.79 Å². The van der Waals surface area contributed by atoms with Crippen LogP contribution in [0.3, 0.4) is 0 Å². The van der Waals surface area contributed by atoms with E-state index in [4.69, 9.17) is 10.5 Å². The molecule has 1 aromatic rings. The summed E-state index contributed by atoms with van der Waals surface area (Å²) in [5.41, 5.74) is 7.36. The number of anilines is 1. The number of nitrogen functional groups attached to an aromatic ring is 1. The molecule has 0 unspecified atom stereocenters. The van der Waals surface area contributed by atoms with E-state index in [1.54, 1.807) is 6.07 Å². The van der Waals surface area contributed by atoms with Crippen molar-refractivity contribution in [3.63, 3.8) is 0 Å². The van der Waals surface area contributed by atoms with Crippen LogP contribution in [0.25, 0.3) is 0 Å². The monoisotopic (exact) mass is 312 g/mol. The highest BCUT2D eigenvalue weighted by Gasteiger charge is 2.18. The molecule has 5 heteroatoms. The quantitative estimate of drug-likeness (QED) is 0.872. The van der Waals surface area contributed by atoms with Gasteiger partial charge in [0.25, 0.3) is 5.91 Å². The zero-order chi connectivity index (χ0) is 13.1. The first-order chi connectivity index (χ1) is 8.58. The van der Waals surface area contributed by atoms with E-state index < -0.39 is 0 Å². The van der Waals surface area contributed by atoms with E-state index in [0.29, 0.717) is 11.4 Å². The summed E-state index contributed by atoms with van der Waals surface area (Å²) in [6, 6.07) is 3.70. The van der Waals surface area contributed by atoms with Crippen LogP contribution in [0.2, 0.25) is 0 Å². The van der Waals surface area contributed by atoms with Crippen molar-refractivity contribution in [3.8, 4) is 5.75 Å². The molecule has 1 aliphatic heterocycles. The van der Waals surface area contributed by atoms with Gasteiger partial charge >= 0.3 is 0 Å². The van der Waals surface area contributed by atoms with Gasteiger partial charge in [0.05, 0.1) is 5.69 Å². The van der Waals surface area contributed by atoms with E-state index in [9.17, 15) is 4.79 Å². The van der Waals surface area contributed by atoms with Crippen molar-refractivity contribution in [2.45, 2.75) is 19.8 Å². The number of ether oxygens (including phenoxy) is 1. The summed E-state index contributed by atoms with van der Waals surface area (Å²) in [6.07, 6.45) is 2.18. The van der Waals surface area contributed by atoms with E-state index in [1.165, 1.54) is 0 Å². The van der Waals surface area contributed by atoms with Gasteiger partial charge in [0.2, 0.25) is 0 Å². The molecule has 1 aromatic carbocycles. The number of benzene rings is 1. The SMILES string of the molecule is Cc1cc(Br)cc(N)c1OCC(=O)N1CCCC1. The number of nitrogens with zero attached hydrogens (tertiary/aromatic N) is 1. The number of rotatable bonds is 3. The van der Waals surface area contributed by atoms with Crippen LogP contribution in [0.1, 0.15) is 18.4 Å². The average Bonchev–Trinajstić information content (AvgIpc) is 2.80. The second-order valence-electron chi connectivity index (χ2n) is 4.52. The largest absolute Gasteiger partial charge is 0.481 e. The molecule has 2 N–H and O–H groups in total. The fourth-order valence-electron chi connectivity index (χ4n) is 2.14. The molecular formula is C13H17BrN2O2. The first kappa shape index (κ1) is 13.2. The summed E-state index contributed by atoms with van der Waals surface area (Å²) in [4.78, 5) is 13.7. The van der Waals surface area contributed by atoms with Crippen molar-refractivity contribution in [2.75, 3.05) is 25.4 Å². The third-order valence-corrected chi connectivity index (χ3v) is 3.52. The fraction of sp³-hybridized carbons (Fsp3) is 0.462. The lowest BCUT2D eigenvalue weighted by molar-refractivity contribution is -0.132. The molecule has 1 fully saturated rings. The van der Waals surface area contributed by atoms with Crippen LogP contribution < -0.4 is 10.5 Å². The second kappa shape index (κ2) is 5.61. The molecule has 0 radical (unpaired) electrons. The Morgan fingerprint density at radius 2 is 2.11 bits per heavy atom. The highest BCUT2D eigenvalue weighted by molar-refractivity contribution is 9.10. The molecule has 0 bridgehead atoms. The molecule has 98 valence electrons. The van der Waals surface area contributed by atoms with Gasteiger partial charge in [-0.2, -0.15) is 0 Å². The smallest absolute Gasteiger partial charge is 0.260 e. The van der Waals surface area contributed by atoms with Gasteiger partial charge in [0, 0.05) is 17.6 Å². The normalized spacial score (nSPS) is 14.9. The van der Waals surface area contributed by atoms with Crippen LogP contribution in [0, 0.1) is 6.92 Å². The van der Waals surface area contributed by atoms with E-state index in [0.717, 1.165) is 36.0 Å². The van der Waals surface area contributed by atoms with Crippen LogP contribution in [-0.4, -0.2) is 30.5 Å². The summed E-state index contributed by atoms with van der Waals surface area (Å²) in [7, 11) is 0. The molecule has 1 aliphatic rings. The predicted octanol–water partition coefficient (Wildman–Crippen LogP) is 2.34. The Bertz CT molecular complexity index is 433. The minimum atomic E-state index is 0.0363. The molecule has 1 amide bonds. The van der Waals surface area contributed by atoms with Gasteiger partial charge in [0.1, 0.15) is 5.75 Å². The fourth-order valence-corrected chi connectivity index (χ4v) is 2.73. The molecular weight excluding hydrogens is 296 g/mol. The van der Waals surface area contributed by atoms with Gasteiger partial charge in [0.15, 0.2) is 6.61 Å². The number of nitrogens with two attached hydrogens (primary N) is 1. The van der Waals surface area contributed by atoms with Crippen LogP contribution in [0.5, 0.6) is 5.75 Å². The zero-order valence-electron chi connectivity index (χ0n) is 10.4. The minimum absolute atomic E-state index is 0.0363. The maximum atomic E-state index is 11.9. The first-order valence-corrected chi connectivity index (χ1v) is 6.83. The number of hydrogen-bond acceptors (Lipinski definition) is 3. The van der Waals surface area contributed by atoms with Crippen molar-refractivity contribution in [1.82, 2.24) is 4.90 Å². The summed E-state index contributed by atoms with van der Waals surface area (Å²) in [6.45, 7) is 3.66. The number of carbonyl (C=O) groups excluding carboxylic acids is 1. The number of likely N-dealkylation sites (tertiary alicyclic amines) is 1. The number of carbonyl (C=O) groups is 1. The Balaban J connectivity index is 1.99. The van der Waals surface area contributed by atoms with Gasteiger partial charge in [-0.25, -0.2) is 0 Å². The highest BCUT2D eigenvalue weighted by Crippen LogP contribution is 2.30. The number of hydrogen-bond donors (Lipinski definition) is 1.